The number of nitrogens with zero attached hydrogens (tertiary/aromatic N) is 5. The van der Waals surface area contributed by atoms with Gasteiger partial charge in [-0.25, -0.2) is 19.6 Å². The third kappa shape index (κ3) is 7.08. The van der Waals surface area contributed by atoms with Crippen molar-refractivity contribution in [1.82, 2.24) is 19.5 Å². The number of fused-ring (bicyclic) bond motifs is 3. The molecule has 2 aliphatic rings. The Morgan fingerprint density at radius 1 is 1.00 bits per heavy atom. The highest BCUT2D eigenvalue weighted by Crippen LogP contribution is 2.45. The van der Waals surface area contributed by atoms with Crippen molar-refractivity contribution in [1.29, 1.82) is 0 Å². The van der Waals surface area contributed by atoms with Gasteiger partial charge in [-0.1, -0.05) is 11.6 Å². The molecule has 3 aromatic heterocycles. The SMILES string of the molecule is CC(C)(C)OC(=O)N(C(=O)OC(C)(C)C)c1ncnc2c1ccn2[C@@H]1O[C@H](COc2cc3ncc(Br)cc3cc2Cl)[C@H]2OC(C)(C)O[C@H]21. The van der Waals surface area contributed by atoms with Crippen LogP contribution in [-0.2, 0) is 23.7 Å². The molecule has 0 bridgehead atoms. The summed E-state index contributed by atoms with van der Waals surface area (Å²) in [4.78, 5) is 40.8. The highest BCUT2D eigenvalue weighted by atomic mass is 79.9. The summed E-state index contributed by atoms with van der Waals surface area (Å²) in [5, 5.41) is 1.68. The molecule has 4 atom stereocenters. The number of benzene rings is 1. The lowest BCUT2D eigenvalue weighted by atomic mass is 10.1. The van der Waals surface area contributed by atoms with Gasteiger partial charge in [-0.3, -0.25) is 4.98 Å². The van der Waals surface area contributed by atoms with Crippen LogP contribution >= 0.6 is 27.5 Å². The lowest BCUT2D eigenvalue weighted by Crippen LogP contribution is -2.44. The van der Waals surface area contributed by atoms with Crippen LogP contribution in [0.15, 0.2) is 47.5 Å². The Morgan fingerprint density at radius 3 is 2.33 bits per heavy atom. The first kappa shape index (κ1) is 34.3. The molecule has 4 aromatic rings. The Balaban J connectivity index is 1.31. The molecule has 15 heteroatoms. The van der Waals surface area contributed by atoms with Gasteiger partial charge in [-0.05, 0) is 89.5 Å². The zero-order chi connectivity index (χ0) is 34.8. The number of pyridine rings is 1. The van der Waals surface area contributed by atoms with Crippen molar-refractivity contribution < 1.29 is 38.0 Å². The minimum atomic E-state index is -0.941. The number of rotatable bonds is 5. The van der Waals surface area contributed by atoms with Crippen molar-refractivity contribution in [2.75, 3.05) is 11.5 Å². The standard InChI is InChI=1S/C33H37BrClN5O8/c1-31(2,3)47-29(41)40(30(42)48-32(4,5)6)27-19-9-10-39(26(19)37-16-38-27)28-25-24(45-33(7,8)46-25)23(44-28)15-43-22-13-21-17(12-20(22)35)11-18(34)14-36-21/h9-14,16,23-25,28H,15H2,1-8H3/t23-,24-,25-,28-/m1/s1. The molecule has 6 rings (SSSR count). The number of aromatic nitrogens is 4. The van der Waals surface area contributed by atoms with Crippen LogP contribution in [0.5, 0.6) is 5.75 Å². The molecule has 0 unspecified atom stereocenters. The maximum atomic E-state index is 13.4. The minimum absolute atomic E-state index is 0.00724. The Bertz CT molecular complexity index is 1860. The molecule has 0 saturated carbocycles. The van der Waals surface area contributed by atoms with Crippen molar-refractivity contribution >= 4 is 67.5 Å². The predicted octanol–water partition coefficient (Wildman–Crippen LogP) is 7.57. The first-order chi connectivity index (χ1) is 22.4. The van der Waals surface area contributed by atoms with E-state index in [1.54, 1.807) is 76.7 Å². The molecular formula is C33H37BrClN5O8. The Morgan fingerprint density at radius 2 is 1.67 bits per heavy atom. The lowest BCUT2D eigenvalue weighted by Gasteiger charge is -2.28. The van der Waals surface area contributed by atoms with E-state index in [9.17, 15) is 9.59 Å². The van der Waals surface area contributed by atoms with Crippen LogP contribution in [0.4, 0.5) is 15.4 Å². The fourth-order valence-electron chi connectivity index (χ4n) is 5.61. The largest absolute Gasteiger partial charge is 0.489 e. The van der Waals surface area contributed by atoms with Gasteiger partial charge in [0.05, 0.1) is 15.9 Å². The fraction of sp³-hybridized carbons (Fsp3) is 0.485. The van der Waals surface area contributed by atoms with Crippen LogP contribution in [0, 0.1) is 0 Å². The molecule has 2 amide bonds. The van der Waals surface area contributed by atoms with E-state index in [0.29, 0.717) is 21.8 Å². The number of anilines is 1. The number of hydrogen-bond acceptors (Lipinski definition) is 11. The quantitative estimate of drug-likeness (QED) is 0.200. The van der Waals surface area contributed by atoms with E-state index in [-0.39, 0.29) is 12.4 Å². The second-order valence-corrected chi connectivity index (χ2v) is 15.3. The number of carbonyl (C=O) groups is 2. The van der Waals surface area contributed by atoms with Crippen LogP contribution in [0.2, 0.25) is 5.02 Å². The van der Waals surface area contributed by atoms with Gasteiger partial charge in [0, 0.05) is 28.3 Å². The summed E-state index contributed by atoms with van der Waals surface area (Å²) < 4.78 is 39.1. The molecule has 0 spiro atoms. The molecule has 256 valence electrons. The van der Waals surface area contributed by atoms with Crippen molar-refractivity contribution in [3.05, 3.63) is 52.5 Å². The summed E-state index contributed by atoms with van der Waals surface area (Å²) in [7, 11) is 0. The summed E-state index contributed by atoms with van der Waals surface area (Å²) in [6.45, 7) is 14.0. The Hall–Kier alpha value is -3.56. The maximum Gasteiger partial charge on any atom is 0.425 e. The second kappa shape index (κ2) is 12.4. The highest BCUT2D eigenvalue weighted by Gasteiger charge is 2.56. The monoisotopic (exact) mass is 745 g/mol. The van der Waals surface area contributed by atoms with Gasteiger partial charge >= 0.3 is 12.2 Å². The van der Waals surface area contributed by atoms with Gasteiger partial charge < -0.3 is 33.0 Å². The molecule has 2 fully saturated rings. The van der Waals surface area contributed by atoms with Crippen molar-refractivity contribution in [2.45, 2.75) is 96.9 Å². The topological polar surface area (TPSA) is 136 Å². The highest BCUT2D eigenvalue weighted by molar-refractivity contribution is 9.10. The van der Waals surface area contributed by atoms with E-state index in [4.69, 9.17) is 40.0 Å². The third-order valence-electron chi connectivity index (χ3n) is 7.36. The first-order valence-electron chi connectivity index (χ1n) is 15.4. The van der Waals surface area contributed by atoms with E-state index >= 15 is 0 Å². The van der Waals surface area contributed by atoms with E-state index in [1.165, 1.54) is 6.33 Å². The average Bonchev–Trinajstić information content (AvgIpc) is 3.61. The lowest BCUT2D eigenvalue weighted by molar-refractivity contribution is -0.198. The van der Waals surface area contributed by atoms with E-state index < -0.39 is 53.7 Å². The number of halogens is 2. The molecule has 2 aliphatic heterocycles. The molecule has 1 aromatic carbocycles. The summed E-state index contributed by atoms with van der Waals surface area (Å²) in [6, 6.07) is 7.19. The van der Waals surface area contributed by atoms with Crippen LogP contribution in [0.25, 0.3) is 21.9 Å². The number of carbonyl (C=O) groups excluding carboxylic acids is 2. The molecule has 2 saturated heterocycles. The van der Waals surface area contributed by atoms with Crippen LogP contribution in [-0.4, -0.2) is 73.6 Å². The molecule has 5 heterocycles. The van der Waals surface area contributed by atoms with Crippen LogP contribution in [0.1, 0.15) is 61.6 Å². The van der Waals surface area contributed by atoms with Gasteiger partial charge in [0.2, 0.25) is 0 Å². The van der Waals surface area contributed by atoms with E-state index in [2.05, 4.69) is 30.9 Å². The van der Waals surface area contributed by atoms with Gasteiger partial charge in [-0.15, -0.1) is 0 Å². The summed E-state index contributed by atoms with van der Waals surface area (Å²) >= 11 is 10.0. The molecule has 0 aliphatic carbocycles. The Kier molecular flexibility index (Phi) is 8.86. The molecule has 48 heavy (non-hydrogen) atoms. The minimum Gasteiger partial charge on any atom is -0.489 e. The number of amides is 2. The molecular weight excluding hydrogens is 710 g/mol. The number of imide groups is 1. The van der Waals surface area contributed by atoms with Gasteiger partial charge in [0.15, 0.2) is 17.8 Å². The Labute approximate surface area is 290 Å². The predicted molar refractivity (Wildman–Crippen MR) is 180 cm³/mol. The van der Waals surface area contributed by atoms with Crippen molar-refractivity contribution in [2.24, 2.45) is 0 Å². The van der Waals surface area contributed by atoms with Gasteiger partial charge in [0.1, 0.15) is 53.8 Å². The first-order valence-corrected chi connectivity index (χ1v) is 16.5. The smallest absolute Gasteiger partial charge is 0.425 e. The van der Waals surface area contributed by atoms with Gasteiger partial charge in [0.25, 0.3) is 0 Å². The van der Waals surface area contributed by atoms with E-state index in [1.807, 2.05) is 19.9 Å². The van der Waals surface area contributed by atoms with E-state index in [0.717, 1.165) is 20.3 Å². The normalized spacial score (nSPS) is 22.1. The zero-order valence-corrected chi connectivity index (χ0v) is 30.2. The summed E-state index contributed by atoms with van der Waals surface area (Å²) in [6.07, 6.45) is 0.475. The summed E-state index contributed by atoms with van der Waals surface area (Å²) in [5.41, 5.74) is -0.679. The number of ether oxygens (including phenoxy) is 6. The second-order valence-electron chi connectivity index (χ2n) is 14.0. The average molecular weight is 747 g/mol. The van der Waals surface area contributed by atoms with Crippen molar-refractivity contribution in [3.8, 4) is 5.75 Å². The molecule has 0 N–H and O–H groups in total. The zero-order valence-electron chi connectivity index (χ0n) is 27.8. The summed E-state index contributed by atoms with van der Waals surface area (Å²) in [5.74, 6) is -0.456. The van der Waals surface area contributed by atoms with Crippen molar-refractivity contribution in [3.63, 3.8) is 0 Å². The molecule has 13 nitrogen and oxygen atoms in total. The fourth-order valence-corrected chi connectivity index (χ4v) is 6.18. The van der Waals surface area contributed by atoms with Crippen LogP contribution in [0.3, 0.4) is 0 Å². The number of hydrogen-bond donors (Lipinski definition) is 0. The maximum absolute atomic E-state index is 13.4. The van der Waals surface area contributed by atoms with Gasteiger partial charge in [-0.2, -0.15) is 4.90 Å². The third-order valence-corrected chi connectivity index (χ3v) is 8.09. The van der Waals surface area contributed by atoms with Crippen LogP contribution < -0.4 is 9.64 Å². The molecule has 0 radical (unpaired) electrons.